The standard InChI is InChI=1S/C24H31N3O3S/c1-16-17(2)31-23(21(16)22(25)29)26-20(28)15-27(14-13-18-9-5-3-6-10-18)24(30)19-11-7-4-8-12-19/h3,5-6,9-10,19H,4,7-8,11-15H2,1-2H3,(H2,25,29)(H,26,28). The minimum Gasteiger partial charge on any atom is -0.365 e. The molecule has 3 amide bonds. The topological polar surface area (TPSA) is 92.5 Å². The lowest BCUT2D eigenvalue weighted by molar-refractivity contribution is -0.139. The number of anilines is 1. The first-order valence-electron chi connectivity index (χ1n) is 10.9. The Balaban J connectivity index is 1.72. The summed E-state index contributed by atoms with van der Waals surface area (Å²) in [6.45, 7) is 4.16. The van der Waals surface area contributed by atoms with Gasteiger partial charge in [-0.3, -0.25) is 14.4 Å². The molecule has 0 aliphatic heterocycles. The van der Waals surface area contributed by atoms with Gasteiger partial charge in [0.2, 0.25) is 11.8 Å². The summed E-state index contributed by atoms with van der Waals surface area (Å²) in [6, 6.07) is 9.97. The van der Waals surface area contributed by atoms with Crippen molar-refractivity contribution in [3.63, 3.8) is 0 Å². The number of nitrogens with zero attached hydrogens (tertiary/aromatic N) is 1. The van der Waals surface area contributed by atoms with E-state index < -0.39 is 5.91 Å². The number of hydrogen-bond acceptors (Lipinski definition) is 4. The average molecular weight is 442 g/mol. The molecule has 3 N–H and O–H groups in total. The quantitative estimate of drug-likeness (QED) is 0.647. The molecule has 0 spiro atoms. The summed E-state index contributed by atoms with van der Waals surface area (Å²) in [5, 5.41) is 3.28. The van der Waals surface area contributed by atoms with Crippen LogP contribution in [0.1, 0.15) is 58.5 Å². The van der Waals surface area contributed by atoms with Crippen molar-refractivity contribution in [2.45, 2.75) is 52.4 Å². The van der Waals surface area contributed by atoms with E-state index in [4.69, 9.17) is 5.73 Å². The SMILES string of the molecule is Cc1sc(NC(=O)CN(CCc2ccccc2)C(=O)C2CCCCC2)c(C(N)=O)c1C. The van der Waals surface area contributed by atoms with Crippen molar-refractivity contribution < 1.29 is 14.4 Å². The van der Waals surface area contributed by atoms with Gasteiger partial charge in [-0.2, -0.15) is 0 Å². The Morgan fingerprint density at radius 3 is 2.42 bits per heavy atom. The molecule has 1 fully saturated rings. The van der Waals surface area contributed by atoms with Crippen LogP contribution in [0.15, 0.2) is 30.3 Å². The van der Waals surface area contributed by atoms with Crippen LogP contribution in [0.4, 0.5) is 5.00 Å². The number of benzene rings is 1. The van der Waals surface area contributed by atoms with Crippen molar-refractivity contribution in [1.82, 2.24) is 4.90 Å². The Kier molecular flexibility index (Phi) is 7.85. The van der Waals surface area contributed by atoms with Crippen LogP contribution in [0.3, 0.4) is 0 Å². The van der Waals surface area contributed by atoms with Crippen LogP contribution in [0, 0.1) is 19.8 Å². The molecule has 3 rings (SSSR count). The number of carbonyl (C=O) groups is 3. The summed E-state index contributed by atoms with van der Waals surface area (Å²) in [7, 11) is 0. The molecule has 0 radical (unpaired) electrons. The van der Waals surface area contributed by atoms with Crippen LogP contribution in [0.2, 0.25) is 0 Å². The van der Waals surface area contributed by atoms with Crippen molar-refractivity contribution in [2.75, 3.05) is 18.4 Å². The third-order valence-electron chi connectivity index (χ3n) is 6.00. The van der Waals surface area contributed by atoms with E-state index in [1.165, 1.54) is 17.8 Å². The van der Waals surface area contributed by atoms with Crippen LogP contribution in [0.5, 0.6) is 0 Å². The molecule has 1 saturated carbocycles. The van der Waals surface area contributed by atoms with Gasteiger partial charge in [0.25, 0.3) is 5.91 Å². The number of nitrogens with two attached hydrogens (primary N) is 1. The van der Waals surface area contributed by atoms with Gasteiger partial charge in [-0.1, -0.05) is 49.6 Å². The Hall–Kier alpha value is -2.67. The Bertz CT molecular complexity index is 933. The molecule has 1 heterocycles. The number of thiophene rings is 1. The molecule has 0 bridgehead atoms. The number of rotatable bonds is 8. The van der Waals surface area contributed by atoms with E-state index in [9.17, 15) is 14.4 Å². The largest absolute Gasteiger partial charge is 0.365 e. The summed E-state index contributed by atoms with van der Waals surface area (Å²) >= 11 is 1.34. The second kappa shape index (κ2) is 10.6. The monoisotopic (exact) mass is 441 g/mol. The predicted molar refractivity (Wildman–Crippen MR) is 124 cm³/mol. The molecule has 7 heteroatoms. The van der Waals surface area contributed by atoms with Crippen molar-refractivity contribution in [2.24, 2.45) is 11.7 Å². The van der Waals surface area contributed by atoms with E-state index >= 15 is 0 Å². The minimum atomic E-state index is -0.559. The van der Waals surface area contributed by atoms with E-state index in [0.29, 0.717) is 23.5 Å². The van der Waals surface area contributed by atoms with E-state index in [1.54, 1.807) is 4.90 Å². The zero-order chi connectivity index (χ0) is 22.4. The first-order valence-corrected chi connectivity index (χ1v) is 11.7. The molecular weight excluding hydrogens is 410 g/mol. The van der Waals surface area contributed by atoms with Gasteiger partial charge < -0.3 is 16.0 Å². The lowest BCUT2D eigenvalue weighted by Gasteiger charge is -2.29. The van der Waals surface area contributed by atoms with Crippen molar-refractivity contribution in [3.8, 4) is 0 Å². The van der Waals surface area contributed by atoms with E-state index in [1.807, 2.05) is 44.2 Å². The van der Waals surface area contributed by atoms with Crippen LogP contribution >= 0.6 is 11.3 Å². The average Bonchev–Trinajstić information content (AvgIpc) is 3.04. The summed E-state index contributed by atoms with van der Waals surface area (Å²) < 4.78 is 0. The molecule has 31 heavy (non-hydrogen) atoms. The predicted octanol–water partition coefficient (Wildman–Crippen LogP) is 4.05. The number of amides is 3. The van der Waals surface area contributed by atoms with Gasteiger partial charge >= 0.3 is 0 Å². The molecule has 1 aromatic carbocycles. The number of hydrogen-bond donors (Lipinski definition) is 2. The lowest BCUT2D eigenvalue weighted by atomic mass is 9.88. The maximum Gasteiger partial charge on any atom is 0.251 e. The third-order valence-corrected chi connectivity index (χ3v) is 7.12. The van der Waals surface area contributed by atoms with E-state index in [-0.39, 0.29) is 24.3 Å². The fourth-order valence-corrected chi connectivity index (χ4v) is 5.22. The van der Waals surface area contributed by atoms with Crippen molar-refractivity contribution in [3.05, 3.63) is 51.9 Å². The molecule has 1 aliphatic carbocycles. The van der Waals surface area contributed by atoms with Crippen molar-refractivity contribution in [1.29, 1.82) is 0 Å². The van der Waals surface area contributed by atoms with E-state index in [0.717, 1.165) is 41.7 Å². The van der Waals surface area contributed by atoms with Crippen LogP contribution in [0.25, 0.3) is 0 Å². The summed E-state index contributed by atoms with van der Waals surface area (Å²) in [6.07, 6.45) is 5.75. The normalized spacial score (nSPS) is 14.3. The minimum absolute atomic E-state index is 0.00951. The first kappa shape index (κ1) is 23.0. The molecule has 0 unspecified atom stereocenters. The summed E-state index contributed by atoms with van der Waals surface area (Å²) in [5.41, 5.74) is 7.78. The molecular formula is C24H31N3O3S. The molecule has 0 atom stereocenters. The van der Waals surface area contributed by atoms with Crippen molar-refractivity contribution >= 4 is 34.1 Å². The zero-order valence-corrected chi connectivity index (χ0v) is 19.1. The Morgan fingerprint density at radius 2 is 1.77 bits per heavy atom. The molecule has 2 aromatic rings. The van der Waals surface area contributed by atoms with E-state index in [2.05, 4.69) is 5.32 Å². The van der Waals surface area contributed by atoms with Crippen LogP contribution < -0.4 is 11.1 Å². The number of aryl methyl sites for hydroxylation is 1. The maximum atomic E-state index is 13.2. The smallest absolute Gasteiger partial charge is 0.251 e. The highest BCUT2D eigenvalue weighted by Gasteiger charge is 2.28. The van der Waals surface area contributed by atoms with Gasteiger partial charge in [-0.25, -0.2) is 0 Å². The van der Waals surface area contributed by atoms with Gasteiger partial charge in [0, 0.05) is 17.3 Å². The Morgan fingerprint density at radius 1 is 1.10 bits per heavy atom. The number of primary amides is 1. The van der Waals surface area contributed by atoms with Gasteiger partial charge in [0.15, 0.2) is 0 Å². The molecule has 166 valence electrons. The third kappa shape index (κ3) is 5.94. The fourth-order valence-electron chi connectivity index (χ4n) is 4.13. The highest BCUT2D eigenvalue weighted by atomic mass is 32.1. The lowest BCUT2D eigenvalue weighted by Crippen LogP contribution is -2.43. The van der Waals surface area contributed by atoms with Gasteiger partial charge in [-0.05, 0) is 44.2 Å². The Labute approximate surface area is 187 Å². The van der Waals surface area contributed by atoms with Gasteiger partial charge in [-0.15, -0.1) is 11.3 Å². The fraction of sp³-hybridized carbons (Fsp3) is 0.458. The summed E-state index contributed by atoms with van der Waals surface area (Å²) in [4.78, 5) is 40.5. The molecule has 6 nitrogen and oxygen atoms in total. The van der Waals surface area contributed by atoms with Gasteiger partial charge in [0.1, 0.15) is 5.00 Å². The second-order valence-corrected chi connectivity index (χ2v) is 9.45. The van der Waals surface area contributed by atoms with Gasteiger partial charge in [0.05, 0.1) is 12.1 Å². The first-order chi connectivity index (χ1) is 14.9. The highest BCUT2D eigenvalue weighted by Crippen LogP contribution is 2.32. The number of carbonyl (C=O) groups excluding carboxylic acids is 3. The molecule has 1 aromatic heterocycles. The number of nitrogens with one attached hydrogen (secondary N) is 1. The summed E-state index contributed by atoms with van der Waals surface area (Å²) in [5.74, 6) is -0.818. The maximum absolute atomic E-state index is 13.2. The molecule has 1 aliphatic rings. The molecule has 0 saturated heterocycles. The zero-order valence-electron chi connectivity index (χ0n) is 18.3. The highest BCUT2D eigenvalue weighted by molar-refractivity contribution is 7.16. The van der Waals surface area contributed by atoms with Crippen LogP contribution in [-0.2, 0) is 16.0 Å². The van der Waals surface area contributed by atoms with Crippen LogP contribution in [-0.4, -0.2) is 35.7 Å². The second-order valence-electron chi connectivity index (χ2n) is 8.23.